The molecular formula is C18H19N3O3S. The maximum absolute atomic E-state index is 13.2. The normalized spacial score (nSPS) is 15.2. The van der Waals surface area contributed by atoms with E-state index in [0.29, 0.717) is 16.7 Å². The van der Waals surface area contributed by atoms with Crippen LogP contribution in [0.25, 0.3) is 22.0 Å². The molecule has 1 aliphatic carbocycles. The molecule has 1 aliphatic rings. The van der Waals surface area contributed by atoms with E-state index in [9.17, 15) is 8.42 Å². The van der Waals surface area contributed by atoms with E-state index in [-0.39, 0.29) is 10.9 Å². The van der Waals surface area contributed by atoms with E-state index < -0.39 is 10.0 Å². The number of aromatic nitrogens is 2. The van der Waals surface area contributed by atoms with Crippen LogP contribution in [0.2, 0.25) is 0 Å². The van der Waals surface area contributed by atoms with E-state index in [4.69, 9.17) is 4.52 Å². The highest BCUT2D eigenvalue weighted by atomic mass is 32.2. The van der Waals surface area contributed by atoms with Crippen molar-refractivity contribution >= 4 is 20.9 Å². The molecule has 0 saturated heterocycles. The van der Waals surface area contributed by atoms with Crippen molar-refractivity contribution in [2.45, 2.75) is 37.6 Å². The van der Waals surface area contributed by atoms with Crippen molar-refractivity contribution in [3.63, 3.8) is 0 Å². The molecule has 7 heteroatoms. The van der Waals surface area contributed by atoms with E-state index in [1.165, 1.54) is 4.31 Å². The van der Waals surface area contributed by atoms with Crippen molar-refractivity contribution in [2.24, 2.45) is 0 Å². The molecule has 1 saturated carbocycles. The number of aryl methyl sites for hydroxylation is 2. The monoisotopic (exact) mass is 357 g/mol. The molecule has 130 valence electrons. The summed E-state index contributed by atoms with van der Waals surface area (Å²) in [6.45, 7) is 3.67. The molecule has 0 unspecified atom stereocenters. The van der Waals surface area contributed by atoms with Gasteiger partial charge >= 0.3 is 0 Å². The van der Waals surface area contributed by atoms with Gasteiger partial charge in [0, 0.05) is 30.2 Å². The van der Waals surface area contributed by atoms with Gasteiger partial charge in [-0.2, -0.15) is 4.31 Å². The van der Waals surface area contributed by atoms with E-state index in [0.717, 1.165) is 29.7 Å². The maximum atomic E-state index is 13.2. The number of hydrogen-bond acceptors (Lipinski definition) is 5. The van der Waals surface area contributed by atoms with E-state index in [1.807, 2.05) is 19.9 Å². The number of fused-ring (bicyclic) bond motifs is 1. The van der Waals surface area contributed by atoms with Crippen LogP contribution < -0.4 is 0 Å². The predicted molar refractivity (Wildman–Crippen MR) is 94.7 cm³/mol. The molecule has 0 amide bonds. The first-order valence-corrected chi connectivity index (χ1v) is 9.63. The number of nitrogens with zero attached hydrogens (tertiary/aromatic N) is 3. The number of benzene rings is 1. The highest BCUT2D eigenvalue weighted by Crippen LogP contribution is 2.36. The minimum Gasteiger partial charge on any atom is -0.361 e. The second-order valence-electron chi connectivity index (χ2n) is 6.50. The lowest BCUT2D eigenvalue weighted by Crippen LogP contribution is -2.29. The van der Waals surface area contributed by atoms with Crippen LogP contribution in [0.1, 0.15) is 24.3 Å². The van der Waals surface area contributed by atoms with Crippen LogP contribution in [0.5, 0.6) is 0 Å². The molecule has 4 rings (SSSR count). The fourth-order valence-electron chi connectivity index (χ4n) is 3.19. The lowest BCUT2D eigenvalue weighted by atomic mass is 10.0. The predicted octanol–water partition coefficient (Wildman–Crippen LogP) is 3.29. The molecule has 0 atom stereocenters. The SMILES string of the molecule is Cc1noc(C)c1-c1cc(S(=O)(=O)N(C)C2CC2)c2cccnc2c1. The van der Waals surface area contributed by atoms with Gasteiger partial charge in [0.05, 0.1) is 16.1 Å². The van der Waals surface area contributed by atoms with Crippen LogP contribution in [0.3, 0.4) is 0 Å². The summed E-state index contributed by atoms with van der Waals surface area (Å²) in [5.74, 6) is 0.659. The van der Waals surface area contributed by atoms with Gasteiger partial charge in [0.15, 0.2) is 0 Å². The van der Waals surface area contributed by atoms with Crippen LogP contribution in [0, 0.1) is 13.8 Å². The minimum absolute atomic E-state index is 0.0967. The molecule has 0 radical (unpaired) electrons. The van der Waals surface area contributed by atoms with E-state index in [2.05, 4.69) is 10.1 Å². The number of sulfonamides is 1. The lowest BCUT2D eigenvalue weighted by Gasteiger charge is -2.18. The topological polar surface area (TPSA) is 76.3 Å². The van der Waals surface area contributed by atoms with Crippen LogP contribution in [0.4, 0.5) is 0 Å². The zero-order valence-electron chi connectivity index (χ0n) is 14.4. The Bertz CT molecular complexity index is 1050. The van der Waals surface area contributed by atoms with Gasteiger partial charge in [0.2, 0.25) is 10.0 Å². The van der Waals surface area contributed by atoms with Gasteiger partial charge in [0.25, 0.3) is 0 Å². The largest absolute Gasteiger partial charge is 0.361 e. The first kappa shape index (κ1) is 16.2. The van der Waals surface area contributed by atoms with E-state index >= 15 is 0 Å². The Kier molecular flexibility index (Phi) is 3.66. The zero-order valence-corrected chi connectivity index (χ0v) is 15.2. The number of rotatable bonds is 4. The van der Waals surface area contributed by atoms with Crippen LogP contribution >= 0.6 is 0 Å². The second kappa shape index (κ2) is 5.64. The van der Waals surface area contributed by atoms with Gasteiger partial charge in [0.1, 0.15) is 5.76 Å². The van der Waals surface area contributed by atoms with Crippen molar-refractivity contribution in [1.82, 2.24) is 14.4 Å². The molecular weight excluding hydrogens is 338 g/mol. The molecule has 0 aliphatic heterocycles. The molecule has 3 aromatic rings. The Hall–Kier alpha value is -2.25. The third kappa shape index (κ3) is 2.63. The van der Waals surface area contributed by atoms with Gasteiger partial charge in [-0.1, -0.05) is 5.16 Å². The van der Waals surface area contributed by atoms with Gasteiger partial charge in [-0.3, -0.25) is 4.98 Å². The van der Waals surface area contributed by atoms with Crippen molar-refractivity contribution < 1.29 is 12.9 Å². The first-order chi connectivity index (χ1) is 11.9. The molecule has 25 heavy (non-hydrogen) atoms. The Morgan fingerprint density at radius 3 is 2.64 bits per heavy atom. The summed E-state index contributed by atoms with van der Waals surface area (Å²) in [6, 6.07) is 7.25. The van der Waals surface area contributed by atoms with Crippen LogP contribution in [-0.2, 0) is 10.0 Å². The summed E-state index contributed by atoms with van der Waals surface area (Å²) in [5.41, 5.74) is 2.94. The maximum Gasteiger partial charge on any atom is 0.243 e. The smallest absolute Gasteiger partial charge is 0.243 e. The van der Waals surface area contributed by atoms with Gasteiger partial charge in [-0.25, -0.2) is 8.42 Å². The molecule has 0 spiro atoms. The summed E-state index contributed by atoms with van der Waals surface area (Å²) < 4.78 is 33.1. The Labute approximate surface area is 146 Å². The highest BCUT2D eigenvalue weighted by molar-refractivity contribution is 7.89. The number of hydrogen-bond donors (Lipinski definition) is 0. The van der Waals surface area contributed by atoms with Crippen LogP contribution in [-0.4, -0.2) is 36.0 Å². The molecule has 6 nitrogen and oxygen atoms in total. The third-order valence-electron chi connectivity index (χ3n) is 4.72. The van der Waals surface area contributed by atoms with Crippen LogP contribution in [0.15, 0.2) is 39.9 Å². The fraction of sp³-hybridized carbons (Fsp3) is 0.333. The quantitative estimate of drug-likeness (QED) is 0.716. The lowest BCUT2D eigenvalue weighted by molar-refractivity contribution is 0.393. The van der Waals surface area contributed by atoms with Crippen molar-refractivity contribution in [3.05, 3.63) is 41.9 Å². The molecule has 1 fully saturated rings. The summed E-state index contributed by atoms with van der Waals surface area (Å²) >= 11 is 0. The Balaban J connectivity index is 2.00. The van der Waals surface area contributed by atoms with Crippen molar-refractivity contribution in [2.75, 3.05) is 7.05 Å². The first-order valence-electron chi connectivity index (χ1n) is 8.19. The molecule has 0 bridgehead atoms. The van der Waals surface area contributed by atoms with Gasteiger partial charge in [-0.15, -0.1) is 0 Å². The van der Waals surface area contributed by atoms with Gasteiger partial charge < -0.3 is 4.52 Å². The molecule has 2 aromatic heterocycles. The number of pyridine rings is 1. The summed E-state index contributed by atoms with van der Waals surface area (Å²) in [7, 11) is -1.95. The third-order valence-corrected chi connectivity index (χ3v) is 6.67. The second-order valence-corrected chi connectivity index (χ2v) is 8.46. The average molecular weight is 357 g/mol. The van der Waals surface area contributed by atoms with Gasteiger partial charge in [-0.05, 0) is 56.5 Å². The summed E-state index contributed by atoms with van der Waals surface area (Å²) in [5, 5.41) is 4.61. The van der Waals surface area contributed by atoms with Crippen molar-refractivity contribution in [3.8, 4) is 11.1 Å². The molecule has 1 aromatic carbocycles. The standard InChI is InChI=1S/C18H19N3O3S/c1-11-18(12(2)24-20-11)13-9-16-15(5-4-8-19-16)17(10-13)25(22,23)21(3)14-6-7-14/h4-5,8-10,14H,6-7H2,1-3H3. The van der Waals surface area contributed by atoms with E-state index in [1.54, 1.807) is 31.4 Å². The molecule has 2 heterocycles. The minimum atomic E-state index is -3.60. The summed E-state index contributed by atoms with van der Waals surface area (Å²) in [6.07, 6.45) is 3.49. The highest BCUT2D eigenvalue weighted by Gasteiger charge is 2.36. The summed E-state index contributed by atoms with van der Waals surface area (Å²) in [4.78, 5) is 4.65. The molecule has 0 N–H and O–H groups in total. The zero-order chi connectivity index (χ0) is 17.8. The Morgan fingerprint density at radius 2 is 2.00 bits per heavy atom. The fourth-order valence-corrected chi connectivity index (χ4v) is 4.83. The van der Waals surface area contributed by atoms with Crippen molar-refractivity contribution in [1.29, 1.82) is 0 Å². The average Bonchev–Trinajstić information content (AvgIpc) is 3.38. The Morgan fingerprint density at radius 1 is 1.24 bits per heavy atom.